The van der Waals surface area contributed by atoms with Crippen LogP contribution in [0.25, 0.3) is 5.57 Å². The second-order valence-electron chi connectivity index (χ2n) is 3.01. The zero-order valence-corrected chi connectivity index (χ0v) is 8.53. The Hall–Kier alpha value is -1.64. The van der Waals surface area contributed by atoms with Crippen molar-refractivity contribution in [3.8, 4) is 0 Å². The van der Waals surface area contributed by atoms with Crippen LogP contribution in [-0.4, -0.2) is 17.1 Å². The highest BCUT2D eigenvalue weighted by molar-refractivity contribution is 5.63. The van der Waals surface area contributed by atoms with E-state index in [9.17, 15) is 0 Å². The van der Waals surface area contributed by atoms with Gasteiger partial charge in [0.15, 0.2) is 0 Å². The van der Waals surface area contributed by atoms with Crippen LogP contribution in [0.3, 0.4) is 0 Å². The normalized spacial score (nSPS) is 11.9. The summed E-state index contributed by atoms with van der Waals surface area (Å²) in [7, 11) is 1.60. The SMILES string of the molecule is C=C(OC)C(C)C(=C)c1cnccn1. The number of hydrogen-bond acceptors (Lipinski definition) is 3. The van der Waals surface area contributed by atoms with Crippen LogP contribution in [-0.2, 0) is 4.74 Å². The quantitative estimate of drug-likeness (QED) is 0.683. The number of allylic oxidation sites excluding steroid dienone is 1. The Morgan fingerprint density at radius 2 is 2.14 bits per heavy atom. The van der Waals surface area contributed by atoms with Crippen LogP contribution in [0.4, 0.5) is 0 Å². The highest BCUT2D eigenvalue weighted by Crippen LogP contribution is 2.24. The molecule has 0 aliphatic heterocycles. The average molecular weight is 190 g/mol. The van der Waals surface area contributed by atoms with E-state index in [1.54, 1.807) is 25.7 Å². The van der Waals surface area contributed by atoms with Crippen LogP contribution >= 0.6 is 0 Å². The van der Waals surface area contributed by atoms with Gasteiger partial charge < -0.3 is 4.74 Å². The van der Waals surface area contributed by atoms with Crippen LogP contribution < -0.4 is 0 Å². The topological polar surface area (TPSA) is 35.0 Å². The summed E-state index contributed by atoms with van der Waals surface area (Å²) in [4.78, 5) is 8.14. The first kappa shape index (κ1) is 10.4. The lowest BCUT2D eigenvalue weighted by Gasteiger charge is -2.15. The summed E-state index contributed by atoms with van der Waals surface area (Å²) in [5.41, 5.74) is 1.64. The van der Waals surface area contributed by atoms with Crippen molar-refractivity contribution in [1.82, 2.24) is 9.97 Å². The smallest absolute Gasteiger partial charge is 0.0956 e. The van der Waals surface area contributed by atoms with Crippen molar-refractivity contribution >= 4 is 5.57 Å². The summed E-state index contributed by atoms with van der Waals surface area (Å²) < 4.78 is 5.05. The van der Waals surface area contributed by atoms with Crippen molar-refractivity contribution in [2.75, 3.05) is 7.11 Å². The summed E-state index contributed by atoms with van der Waals surface area (Å²) in [5, 5.41) is 0. The van der Waals surface area contributed by atoms with E-state index in [1.165, 1.54) is 0 Å². The molecule has 0 aliphatic carbocycles. The minimum Gasteiger partial charge on any atom is -0.501 e. The lowest BCUT2D eigenvalue weighted by Crippen LogP contribution is -2.04. The van der Waals surface area contributed by atoms with Gasteiger partial charge in [0.25, 0.3) is 0 Å². The van der Waals surface area contributed by atoms with Gasteiger partial charge in [-0.05, 0) is 5.57 Å². The van der Waals surface area contributed by atoms with Crippen LogP contribution in [0.1, 0.15) is 12.6 Å². The third-order valence-electron chi connectivity index (χ3n) is 2.16. The fourth-order valence-corrected chi connectivity index (χ4v) is 1.06. The zero-order valence-electron chi connectivity index (χ0n) is 8.53. The first-order valence-corrected chi connectivity index (χ1v) is 4.34. The van der Waals surface area contributed by atoms with Crippen molar-refractivity contribution in [3.05, 3.63) is 43.2 Å². The molecule has 1 rings (SSSR count). The first-order valence-electron chi connectivity index (χ1n) is 4.34. The minimum atomic E-state index is 0.0525. The van der Waals surface area contributed by atoms with E-state index in [4.69, 9.17) is 4.74 Å². The predicted molar refractivity (Wildman–Crippen MR) is 56.4 cm³/mol. The molecule has 1 unspecified atom stereocenters. The molecule has 74 valence electrons. The van der Waals surface area contributed by atoms with Gasteiger partial charge in [0.05, 0.1) is 24.8 Å². The van der Waals surface area contributed by atoms with E-state index in [1.807, 2.05) is 6.92 Å². The Morgan fingerprint density at radius 1 is 1.43 bits per heavy atom. The molecule has 0 aliphatic rings. The molecule has 1 aromatic rings. The minimum absolute atomic E-state index is 0.0525. The van der Waals surface area contributed by atoms with Crippen LogP contribution in [0.2, 0.25) is 0 Å². The van der Waals surface area contributed by atoms with Gasteiger partial charge in [-0.15, -0.1) is 0 Å². The second kappa shape index (κ2) is 4.56. The maximum Gasteiger partial charge on any atom is 0.0956 e. The van der Waals surface area contributed by atoms with Crippen LogP contribution in [0, 0.1) is 5.92 Å². The molecular formula is C11H14N2O. The predicted octanol–water partition coefficient (Wildman–Crippen LogP) is 2.29. The molecule has 0 radical (unpaired) electrons. The van der Waals surface area contributed by atoms with E-state index in [0.717, 1.165) is 11.3 Å². The molecule has 3 heteroatoms. The second-order valence-corrected chi connectivity index (χ2v) is 3.01. The molecule has 3 nitrogen and oxygen atoms in total. The average Bonchev–Trinajstić information content (AvgIpc) is 2.27. The molecule has 0 bridgehead atoms. The standard InChI is InChI=1S/C11H14N2O/c1-8(10(3)14-4)9(2)11-7-12-5-6-13-11/h5-8H,2-3H2,1,4H3. The monoisotopic (exact) mass is 190 g/mol. The number of hydrogen-bond donors (Lipinski definition) is 0. The van der Waals surface area contributed by atoms with Crippen molar-refractivity contribution in [2.45, 2.75) is 6.92 Å². The molecule has 0 fully saturated rings. The van der Waals surface area contributed by atoms with Gasteiger partial charge in [-0.2, -0.15) is 0 Å². The third kappa shape index (κ3) is 2.19. The number of ether oxygens (including phenoxy) is 1. The summed E-state index contributed by atoms with van der Waals surface area (Å²) in [6.45, 7) is 9.71. The molecule has 0 saturated carbocycles. The Balaban J connectivity index is 2.81. The molecule has 1 aromatic heterocycles. The van der Waals surface area contributed by atoms with Crippen molar-refractivity contribution in [3.63, 3.8) is 0 Å². The fourth-order valence-electron chi connectivity index (χ4n) is 1.06. The Labute approximate surface area is 84.2 Å². The molecule has 0 aromatic carbocycles. The van der Waals surface area contributed by atoms with E-state index >= 15 is 0 Å². The van der Waals surface area contributed by atoms with Crippen LogP contribution in [0.5, 0.6) is 0 Å². The first-order chi connectivity index (χ1) is 6.66. The van der Waals surface area contributed by atoms with Crippen molar-refractivity contribution < 1.29 is 4.74 Å². The molecule has 0 amide bonds. The van der Waals surface area contributed by atoms with Gasteiger partial charge in [0, 0.05) is 18.3 Å². The maximum absolute atomic E-state index is 5.05. The van der Waals surface area contributed by atoms with Crippen LogP contribution in [0.15, 0.2) is 37.5 Å². The van der Waals surface area contributed by atoms with E-state index in [0.29, 0.717) is 5.76 Å². The van der Waals surface area contributed by atoms with Gasteiger partial charge in [0.1, 0.15) is 0 Å². The highest BCUT2D eigenvalue weighted by Gasteiger charge is 2.13. The van der Waals surface area contributed by atoms with Gasteiger partial charge in [-0.3, -0.25) is 9.97 Å². The van der Waals surface area contributed by atoms with E-state index in [2.05, 4.69) is 23.1 Å². The largest absolute Gasteiger partial charge is 0.501 e. The Bertz CT molecular complexity index is 332. The van der Waals surface area contributed by atoms with Crippen molar-refractivity contribution in [2.24, 2.45) is 5.92 Å². The fraction of sp³-hybridized carbons (Fsp3) is 0.273. The van der Waals surface area contributed by atoms with Gasteiger partial charge in [-0.1, -0.05) is 20.1 Å². The molecule has 1 atom stereocenters. The Kier molecular flexibility index (Phi) is 3.40. The molecule has 0 N–H and O–H groups in total. The van der Waals surface area contributed by atoms with Gasteiger partial charge >= 0.3 is 0 Å². The highest BCUT2D eigenvalue weighted by atomic mass is 16.5. The van der Waals surface area contributed by atoms with Crippen molar-refractivity contribution in [1.29, 1.82) is 0 Å². The summed E-state index contributed by atoms with van der Waals surface area (Å²) in [5.74, 6) is 0.734. The summed E-state index contributed by atoms with van der Waals surface area (Å²) >= 11 is 0. The molecular weight excluding hydrogens is 176 g/mol. The number of nitrogens with zero attached hydrogens (tertiary/aromatic N) is 2. The summed E-state index contributed by atoms with van der Waals surface area (Å²) in [6.07, 6.45) is 4.96. The van der Waals surface area contributed by atoms with Gasteiger partial charge in [0.2, 0.25) is 0 Å². The molecule has 14 heavy (non-hydrogen) atoms. The lowest BCUT2D eigenvalue weighted by atomic mass is 9.99. The van der Waals surface area contributed by atoms with E-state index < -0.39 is 0 Å². The maximum atomic E-state index is 5.05. The van der Waals surface area contributed by atoms with Gasteiger partial charge in [-0.25, -0.2) is 0 Å². The molecule has 0 spiro atoms. The molecule has 1 heterocycles. The number of methoxy groups -OCH3 is 1. The number of aromatic nitrogens is 2. The lowest BCUT2D eigenvalue weighted by molar-refractivity contribution is 0.266. The van der Waals surface area contributed by atoms with E-state index in [-0.39, 0.29) is 5.92 Å². The number of rotatable bonds is 4. The zero-order chi connectivity index (χ0) is 10.6. The third-order valence-corrected chi connectivity index (χ3v) is 2.16. The Morgan fingerprint density at radius 3 is 2.64 bits per heavy atom. The summed E-state index contributed by atoms with van der Waals surface area (Å²) in [6, 6.07) is 0. The molecule has 0 saturated heterocycles.